The molecule has 19 heavy (non-hydrogen) atoms. The third-order valence-corrected chi connectivity index (χ3v) is 3.89. The van der Waals surface area contributed by atoms with E-state index in [0.29, 0.717) is 6.61 Å². The van der Waals surface area contributed by atoms with E-state index in [-0.39, 0.29) is 11.5 Å². The molecule has 1 fully saturated rings. The van der Waals surface area contributed by atoms with E-state index in [9.17, 15) is 0 Å². The van der Waals surface area contributed by atoms with Gasteiger partial charge >= 0.3 is 0 Å². The first kappa shape index (κ1) is 14.3. The first-order valence-electron chi connectivity index (χ1n) is 6.69. The number of hydrogen-bond donors (Lipinski definition) is 1. The molecule has 2 N–H and O–H groups in total. The summed E-state index contributed by atoms with van der Waals surface area (Å²) in [5.41, 5.74) is 7.37. The predicted octanol–water partition coefficient (Wildman–Crippen LogP) is 1.49. The fourth-order valence-electron chi connectivity index (χ4n) is 2.69. The van der Waals surface area contributed by atoms with Crippen LogP contribution in [-0.4, -0.2) is 44.9 Å². The second-order valence-electron chi connectivity index (χ2n) is 5.76. The number of nitrogens with two attached hydrogens (primary N) is 1. The van der Waals surface area contributed by atoms with Crippen molar-refractivity contribution in [3.63, 3.8) is 0 Å². The van der Waals surface area contributed by atoms with E-state index in [1.165, 1.54) is 5.56 Å². The minimum Gasteiger partial charge on any atom is -0.496 e. The van der Waals surface area contributed by atoms with Gasteiger partial charge in [0.1, 0.15) is 5.75 Å². The first-order chi connectivity index (χ1) is 9.05. The fourth-order valence-corrected chi connectivity index (χ4v) is 2.69. The molecule has 1 aliphatic heterocycles. The van der Waals surface area contributed by atoms with Crippen molar-refractivity contribution in [3.8, 4) is 5.75 Å². The van der Waals surface area contributed by atoms with Gasteiger partial charge in [-0.3, -0.25) is 0 Å². The van der Waals surface area contributed by atoms with Gasteiger partial charge in [-0.25, -0.2) is 0 Å². The third-order valence-electron chi connectivity index (χ3n) is 3.89. The SMILES string of the molecule is COc1ccccc1CN(C)CC1(C)COCC1N. The zero-order valence-corrected chi connectivity index (χ0v) is 12.1. The molecule has 2 atom stereocenters. The molecule has 0 aliphatic carbocycles. The lowest BCUT2D eigenvalue weighted by atomic mass is 9.85. The predicted molar refractivity (Wildman–Crippen MR) is 76.2 cm³/mol. The Kier molecular flexibility index (Phi) is 4.45. The summed E-state index contributed by atoms with van der Waals surface area (Å²) in [5, 5.41) is 0. The number of methoxy groups -OCH3 is 1. The van der Waals surface area contributed by atoms with Crippen LogP contribution in [0.25, 0.3) is 0 Å². The molecule has 0 bridgehead atoms. The van der Waals surface area contributed by atoms with E-state index < -0.39 is 0 Å². The second-order valence-corrected chi connectivity index (χ2v) is 5.76. The first-order valence-corrected chi connectivity index (χ1v) is 6.69. The molecule has 0 spiro atoms. The van der Waals surface area contributed by atoms with Crippen molar-refractivity contribution in [3.05, 3.63) is 29.8 Å². The summed E-state index contributed by atoms with van der Waals surface area (Å²) in [5.74, 6) is 0.937. The molecule has 1 saturated heterocycles. The Morgan fingerprint density at radius 2 is 2.21 bits per heavy atom. The van der Waals surface area contributed by atoms with Gasteiger partial charge in [-0.05, 0) is 13.1 Å². The van der Waals surface area contributed by atoms with Crippen LogP contribution in [-0.2, 0) is 11.3 Å². The van der Waals surface area contributed by atoms with Crippen molar-refractivity contribution in [2.45, 2.75) is 19.5 Å². The van der Waals surface area contributed by atoms with Crippen LogP contribution in [0.4, 0.5) is 0 Å². The fraction of sp³-hybridized carbons (Fsp3) is 0.600. The largest absolute Gasteiger partial charge is 0.496 e. The third kappa shape index (κ3) is 3.26. The molecule has 1 aromatic carbocycles. The van der Waals surface area contributed by atoms with E-state index in [1.54, 1.807) is 7.11 Å². The molecule has 4 nitrogen and oxygen atoms in total. The number of rotatable bonds is 5. The molecule has 0 aromatic heterocycles. The number of benzene rings is 1. The molecule has 0 saturated carbocycles. The van der Waals surface area contributed by atoms with E-state index in [4.69, 9.17) is 15.2 Å². The van der Waals surface area contributed by atoms with Crippen molar-refractivity contribution in [1.82, 2.24) is 4.90 Å². The maximum atomic E-state index is 6.13. The Morgan fingerprint density at radius 3 is 2.84 bits per heavy atom. The molecule has 0 radical (unpaired) electrons. The smallest absolute Gasteiger partial charge is 0.123 e. The van der Waals surface area contributed by atoms with Crippen LogP contribution in [0.2, 0.25) is 0 Å². The van der Waals surface area contributed by atoms with Crippen LogP contribution < -0.4 is 10.5 Å². The zero-order valence-electron chi connectivity index (χ0n) is 12.1. The Morgan fingerprint density at radius 1 is 1.47 bits per heavy atom. The van der Waals surface area contributed by atoms with Gasteiger partial charge in [0.05, 0.1) is 20.3 Å². The lowest BCUT2D eigenvalue weighted by Gasteiger charge is -2.32. The normalized spacial score (nSPS) is 26.9. The highest BCUT2D eigenvalue weighted by Gasteiger charge is 2.38. The van der Waals surface area contributed by atoms with Crippen molar-refractivity contribution >= 4 is 0 Å². The average Bonchev–Trinajstić information content (AvgIpc) is 2.69. The highest BCUT2D eigenvalue weighted by atomic mass is 16.5. The summed E-state index contributed by atoms with van der Waals surface area (Å²) in [6.07, 6.45) is 0. The summed E-state index contributed by atoms with van der Waals surface area (Å²) in [6.45, 7) is 5.38. The van der Waals surface area contributed by atoms with Crippen molar-refractivity contribution in [2.24, 2.45) is 11.1 Å². The van der Waals surface area contributed by atoms with Crippen molar-refractivity contribution < 1.29 is 9.47 Å². The van der Waals surface area contributed by atoms with E-state index >= 15 is 0 Å². The number of ether oxygens (including phenoxy) is 2. The van der Waals surface area contributed by atoms with Crippen LogP contribution in [0, 0.1) is 5.41 Å². The second kappa shape index (κ2) is 5.90. The number of hydrogen-bond acceptors (Lipinski definition) is 4. The molecule has 4 heteroatoms. The standard InChI is InChI=1S/C15H24N2O2/c1-15(11-19-9-14(15)16)10-17(2)8-12-6-4-5-7-13(12)18-3/h4-7,14H,8-11,16H2,1-3H3. The van der Waals surface area contributed by atoms with Crippen LogP contribution in [0.15, 0.2) is 24.3 Å². The summed E-state index contributed by atoms with van der Waals surface area (Å²) < 4.78 is 10.9. The monoisotopic (exact) mass is 264 g/mol. The van der Waals surface area contributed by atoms with Gasteiger partial charge in [-0.15, -0.1) is 0 Å². The summed E-state index contributed by atoms with van der Waals surface area (Å²) in [6, 6.07) is 8.24. The maximum Gasteiger partial charge on any atom is 0.123 e. The molecule has 2 unspecified atom stereocenters. The number of nitrogens with zero attached hydrogens (tertiary/aromatic N) is 1. The number of para-hydroxylation sites is 1. The molecular weight excluding hydrogens is 240 g/mol. The average molecular weight is 264 g/mol. The molecule has 106 valence electrons. The summed E-state index contributed by atoms with van der Waals surface area (Å²) >= 11 is 0. The van der Waals surface area contributed by atoms with Crippen LogP contribution in [0.3, 0.4) is 0 Å². The van der Waals surface area contributed by atoms with E-state index in [0.717, 1.165) is 25.4 Å². The maximum absolute atomic E-state index is 6.13. The molecule has 1 heterocycles. The molecule has 1 aromatic rings. The van der Waals surface area contributed by atoms with Gasteiger partial charge in [0.2, 0.25) is 0 Å². The highest BCUT2D eigenvalue weighted by molar-refractivity contribution is 5.33. The van der Waals surface area contributed by atoms with Gasteiger partial charge in [-0.2, -0.15) is 0 Å². The lowest BCUT2D eigenvalue weighted by molar-refractivity contribution is 0.127. The Labute approximate surface area is 115 Å². The van der Waals surface area contributed by atoms with Gasteiger partial charge in [0, 0.05) is 30.1 Å². The Bertz CT molecular complexity index is 424. The molecule has 1 aliphatic rings. The van der Waals surface area contributed by atoms with Crippen LogP contribution >= 0.6 is 0 Å². The van der Waals surface area contributed by atoms with Crippen LogP contribution in [0.5, 0.6) is 5.75 Å². The van der Waals surface area contributed by atoms with Gasteiger partial charge < -0.3 is 20.1 Å². The molecule has 0 amide bonds. The molecule has 2 rings (SSSR count). The molecular formula is C15H24N2O2. The zero-order chi connectivity index (χ0) is 13.9. The minimum atomic E-state index is 0.0385. The minimum absolute atomic E-state index is 0.0385. The van der Waals surface area contributed by atoms with E-state index in [1.807, 2.05) is 18.2 Å². The lowest BCUT2D eigenvalue weighted by Crippen LogP contribution is -2.45. The Balaban J connectivity index is 1.99. The topological polar surface area (TPSA) is 47.7 Å². The van der Waals surface area contributed by atoms with E-state index in [2.05, 4.69) is 24.9 Å². The van der Waals surface area contributed by atoms with Gasteiger partial charge in [0.15, 0.2) is 0 Å². The highest BCUT2D eigenvalue weighted by Crippen LogP contribution is 2.29. The van der Waals surface area contributed by atoms with Crippen LogP contribution in [0.1, 0.15) is 12.5 Å². The van der Waals surface area contributed by atoms with Crippen molar-refractivity contribution in [2.75, 3.05) is 33.9 Å². The quantitative estimate of drug-likeness (QED) is 0.875. The van der Waals surface area contributed by atoms with Gasteiger partial charge in [0.25, 0.3) is 0 Å². The van der Waals surface area contributed by atoms with Gasteiger partial charge in [-0.1, -0.05) is 25.1 Å². The van der Waals surface area contributed by atoms with Crippen molar-refractivity contribution in [1.29, 1.82) is 0 Å². The Hall–Kier alpha value is -1.10. The summed E-state index contributed by atoms with van der Waals surface area (Å²) in [7, 11) is 3.82. The summed E-state index contributed by atoms with van der Waals surface area (Å²) in [4.78, 5) is 2.28.